The van der Waals surface area contributed by atoms with Crippen LogP contribution >= 0.6 is 0 Å². The molecule has 0 aromatic carbocycles. The highest BCUT2D eigenvalue weighted by atomic mass is 16.5. The normalized spacial score (nSPS) is 22.8. The Bertz CT molecular complexity index is 282. The Morgan fingerprint density at radius 3 is 2.68 bits per heavy atom. The van der Waals surface area contributed by atoms with Crippen LogP contribution in [0.15, 0.2) is 0 Å². The molecule has 1 amide bonds. The lowest BCUT2D eigenvalue weighted by molar-refractivity contribution is -0.124. The first-order valence-corrected chi connectivity index (χ1v) is 7.27. The molecule has 1 fully saturated rings. The van der Waals surface area contributed by atoms with Crippen molar-refractivity contribution in [2.45, 2.75) is 39.8 Å². The molecule has 0 spiro atoms. The van der Waals surface area contributed by atoms with Crippen LogP contribution in [0.3, 0.4) is 0 Å². The Hall–Kier alpha value is -0.650. The summed E-state index contributed by atoms with van der Waals surface area (Å²) in [6.07, 6.45) is 0.0795. The van der Waals surface area contributed by atoms with Gasteiger partial charge in [0.15, 0.2) is 0 Å². The highest BCUT2D eigenvalue weighted by molar-refractivity contribution is 5.81. The fraction of sp³-hybridized carbons (Fsp3) is 0.929. The highest BCUT2D eigenvalue weighted by Crippen LogP contribution is 2.07. The molecule has 2 atom stereocenters. The lowest BCUT2D eigenvalue weighted by Crippen LogP contribution is -2.51. The van der Waals surface area contributed by atoms with Crippen molar-refractivity contribution in [2.24, 2.45) is 17.6 Å². The van der Waals surface area contributed by atoms with E-state index in [2.05, 4.69) is 24.1 Å². The van der Waals surface area contributed by atoms with Crippen molar-refractivity contribution < 1.29 is 9.53 Å². The second-order valence-corrected chi connectivity index (χ2v) is 6.16. The molecule has 5 heteroatoms. The van der Waals surface area contributed by atoms with Gasteiger partial charge in [0.05, 0.1) is 18.8 Å². The summed E-state index contributed by atoms with van der Waals surface area (Å²) in [5, 5.41) is 2.89. The summed E-state index contributed by atoms with van der Waals surface area (Å²) in [4.78, 5) is 14.2. The first-order chi connectivity index (χ1) is 8.90. The predicted molar refractivity (Wildman–Crippen MR) is 76.8 cm³/mol. The molecule has 0 bridgehead atoms. The minimum atomic E-state index is -0.435. The largest absolute Gasteiger partial charge is 0.374 e. The molecule has 1 aliphatic rings. The van der Waals surface area contributed by atoms with Crippen molar-refractivity contribution in [3.8, 4) is 0 Å². The minimum absolute atomic E-state index is 0.0795. The number of carbonyl (C=O) groups excluding carboxylic acids is 1. The zero-order chi connectivity index (χ0) is 14.4. The van der Waals surface area contributed by atoms with Gasteiger partial charge in [-0.25, -0.2) is 0 Å². The lowest BCUT2D eigenvalue weighted by Gasteiger charge is -2.34. The Balaban J connectivity index is 2.31. The molecule has 0 saturated carbocycles. The van der Waals surface area contributed by atoms with Crippen LogP contribution in [-0.2, 0) is 9.53 Å². The minimum Gasteiger partial charge on any atom is -0.374 e. The summed E-state index contributed by atoms with van der Waals surface area (Å²) < 4.78 is 5.68. The quantitative estimate of drug-likeness (QED) is 0.736. The number of hydrogen-bond donors (Lipinski definition) is 2. The topological polar surface area (TPSA) is 67.6 Å². The maximum absolute atomic E-state index is 11.8. The summed E-state index contributed by atoms with van der Waals surface area (Å²) >= 11 is 0. The van der Waals surface area contributed by atoms with Gasteiger partial charge in [-0.1, -0.05) is 27.7 Å². The van der Waals surface area contributed by atoms with Gasteiger partial charge in [0.2, 0.25) is 5.91 Å². The van der Waals surface area contributed by atoms with Gasteiger partial charge in [-0.05, 0) is 11.8 Å². The fourth-order valence-electron chi connectivity index (χ4n) is 2.22. The molecule has 0 aromatic heterocycles. The number of nitrogens with one attached hydrogen (secondary N) is 1. The number of rotatable bonds is 6. The van der Waals surface area contributed by atoms with Gasteiger partial charge in [0.25, 0.3) is 0 Å². The van der Waals surface area contributed by atoms with Crippen molar-refractivity contribution in [3.05, 3.63) is 0 Å². The van der Waals surface area contributed by atoms with Crippen LogP contribution in [0.4, 0.5) is 0 Å². The van der Waals surface area contributed by atoms with Gasteiger partial charge in [-0.15, -0.1) is 0 Å². The van der Waals surface area contributed by atoms with Crippen molar-refractivity contribution in [1.29, 1.82) is 0 Å². The van der Waals surface area contributed by atoms with Gasteiger partial charge in [-0.3, -0.25) is 9.69 Å². The van der Waals surface area contributed by atoms with Gasteiger partial charge < -0.3 is 15.8 Å². The maximum atomic E-state index is 11.8. The van der Waals surface area contributed by atoms with E-state index in [-0.39, 0.29) is 17.9 Å². The zero-order valence-electron chi connectivity index (χ0n) is 12.7. The van der Waals surface area contributed by atoms with Gasteiger partial charge in [-0.2, -0.15) is 0 Å². The molecular weight excluding hydrogens is 242 g/mol. The molecule has 1 saturated heterocycles. The van der Waals surface area contributed by atoms with Gasteiger partial charge >= 0.3 is 0 Å². The van der Waals surface area contributed by atoms with E-state index in [0.29, 0.717) is 12.5 Å². The number of carbonyl (C=O) groups is 1. The second-order valence-electron chi connectivity index (χ2n) is 6.16. The summed E-state index contributed by atoms with van der Waals surface area (Å²) in [6.45, 7) is 12.6. The number of ether oxygens (including phenoxy) is 1. The second kappa shape index (κ2) is 7.82. The molecular formula is C14H29N3O2. The molecule has 0 aromatic rings. The SMILES string of the molecule is CC(C)CN1CCOC(CNC(=O)[C@@H](N)C(C)C)C1. The molecule has 1 unspecified atom stereocenters. The third kappa shape index (κ3) is 5.89. The molecule has 1 heterocycles. The zero-order valence-corrected chi connectivity index (χ0v) is 12.7. The van der Waals surface area contributed by atoms with E-state index in [0.717, 1.165) is 26.2 Å². The average Bonchev–Trinajstić information content (AvgIpc) is 2.34. The van der Waals surface area contributed by atoms with E-state index in [9.17, 15) is 4.79 Å². The van der Waals surface area contributed by atoms with Crippen LogP contribution < -0.4 is 11.1 Å². The van der Waals surface area contributed by atoms with E-state index in [1.165, 1.54) is 0 Å². The summed E-state index contributed by atoms with van der Waals surface area (Å²) in [5.74, 6) is 0.729. The van der Waals surface area contributed by atoms with E-state index in [1.54, 1.807) is 0 Å². The van der Waals surface area contributed by atoms with Crippen molar-refractivity contribution in [3.63, 3.8) is 0 Å². The first kappa shape index (κ1) is 16.4. The average molecular weight is 271 g/mol. The molecule has 0 aliphatic carbocycles. The van der Waals surface area contributed by atoms with E-state index >= 15 is 0 Å². The fourth-order valence-corrected chi connectivity index (χ4v) is 2.22. The summed E-state index contributed by atoms with van der Waals surface area (Å²) in [6, 6.07) is -0.435. The predicted octanol–water partition coefficient (Wildman–Crippen LogP) is 0.443. The number of nitrogens with two attached hydrogens (primary N) is 1. The third-order valence-electron chi connectivity index (χ3n) is 3.37. The monoisotopic (exact) mass is 271 g/mol. The van der Waals surface area contributed by atoms with Crippen LogP contribution in [0.25, 0.3) is 0 Å². The van der Waals surface area contributed by atoms with E-state index < -0.39 is 6.04 Å². The van der Waals surface area contributed by atoms with Crippen molar-refractivity contribution >= 4 is 5.91 Å². The van der Waals surface area contributed by atoms with E-state index in [4.69, 9.17) is 10.5 Å². The number of amides is 1. The number of hydrogen-bond acceptors (Lipinski definition) is 4. The molecule has 19 heavy (non-hydrogen) atoms. The molecule has 5 nitrogen and oxygen atoms in total. The summed E-state index contributed by atoms with van der Waals surface area (Å²) in [5.41, 5.74) is 5.81. The van der Waals surface area contributed by atoms with E-state index in [1.807, 2.05) is 13.8 Å². The molecule has 112 valence electrons. The maximum Gasteiger partial charge on any atom is 0.237 e. The van der Waals surface area contributed by atoms with Crippen molar-refractivity contribution in [1.82, 2.24) is 10.2 Å². The lowest BCUT2D eigenvalue weighted by atomic mass is 10.1. The van der Waals surface area contributed by atoms with Gasteiger partial charge in [0, 0.05) is 26.2 Å². The standard InChI is InChI=1S/C14H29N3O2/c1-10(2)8-17-5-6-19-12(9-17)7-16-14(18)13(15)11(3)4/h10-13H,5-9,15H2,1-4H3,(H,16,18)/t12?,13-/m0/s1. The molecule has 1 aliphatic heterocycles. The summed E-state index contributed by atoms with van der Waals surface area (Å²) in [7, 11) is 0. The number of nitrogens with zero attached hydrogens (tertiary/aromatic N) is 1. The Morgan fingerprint density at radius 1 is 1.42 bits per heavy atom. The smallest absolute Gasteiger partial charge is 0.237 e. The molecule has 0 radical (unpaired) electrons. The van der Waals surface area contributed by atoms with Gasteiger partial charge in [0.1, 0.15) is 0 Å². The van der Waals surface area contributed by atoms with Crippen LogP contribution in [0, 0.1) is 11.8 Å². The number of morpholine rings is 1. The van der Waals surface area contributed by atoms with Crippen LogP contribution in [-0.4, -0.2) is 55.7 Å². The highest BCUT2D eigenvalue weighted by Gasteiger charge is 2.23. The third-order valence-corrected chi connectivity index (χ3v) is 3.37. The van der Waals surface area contributed by atoms with Crippen molar-refractivity contribution in [2.75, 3.05) is 32.8 Å². The van der Waals surface area contributed by atoms with Crippen LogP contribution in [0.1, 0.15) is 27.7 Å². The molecule has 3 N–H and O–H groups in total. The Kier molecular flexibility index (Phi) is 6.75. The Morgan fingerprint density at radius 2 is 2.11 bits per heavy atom. The first-order valence-electron chi connectivity index (χ1n) is 7.27. The van der Waals surface area contributed by atoms with Crippen LogP contribution in [0.5, 0.6) is 0 Å². The Labute approximate surface area is 116 Å². The molecule has 1 rings (SSSR count). The van der Waals surface area contributed by atoms with Crippen LogP contribution in [0.2, 0.25) is 0 Å².